The van der Waals surface area contributed by atoms with E-state index in [1.165, 1.54) is 26.2 Å². The fourth-order valence-electron chi connectivity index (χ4n) is 4.37. The van der Waals surface area contributed by atoms with E-state index >= 15 is 4.39 Å². The molecule has 1 N–H and O–H groups in total. The number of hydrogen-bond acceptors (Lipinski definition) is 8. The average Bonchev–Trinajstić information content (AvgIpc) is 2.91. The summed E-state index contributed by atoms with van der Waals surface area (Å²) in [4.78, 5) is 20.0. The van der Waals surface area contributed by atoms with E-state index in [1.807, 2.05) is 0 Å². The summed E-state index contributed by atoms with van der Waals surface area (Å²) in [5.74, 6) is -2.74. The minimum absolute atomic E-state index is 0.0139. The number of aromatic hydroxyl groups is 1. The second kappa shape index (κ2) is 12.0. The zero-order chi connectivity index (χ0) is 29.0. The number of rotatable bonds is 10. The molecule has 0 amide bonds. The zero-order valence-electron chi connectivity index (χ0n) is 22.0. The highest BCUT2D eigenvalue weighted by Gasteiger charge is 2.32. The van der Waals surface area contributed by atoms with Crippen LogP contribution in [0.25, 0.3) is 11.1 Å². The highest BCUT2D eigenvalue weighted by molar-refractivity contribution is 7.91. The van der Waals surface area contributed by atoms with Crippen molar-refractivity contribution in [2.24, 2.45) is 0 Å². The lowest BCUT2D eigenvalue weighted by atomic mass is 10.0. The smallest absolute Gasteiger partial charge is 0.277 e. The molecule has 12 heteroatoms. The first-order valence-corrected chi connectivity index (χ1v) is 13.7. The lowest BCUT2D eigenvalue weighted by Crippen LogP contribution is -2.35. The molecule has 0 fully saturated rings. The van der Waals surface area contributed by atoms with Crippen LogP contribution in [-0.4, -0.2) is 48.4 Å². The van der Waals surface area contributed by atoms with Gasteiger partial charge in [-0.3, -0.25) is 9.36 Å². The van der Waals surface area contributed by atoms with Gasteiger partial charge in [-0.2, -0.15) is 9.37 Å². The molecule has 0 radical (unpaired) electrons. The van der Waals surface area contributed by atoms with Crippen molar-refractivity contribution in [1.29, 1.82) is 0 Å². The van der Waals surface area contributed by atoms with Crippen LogP contribution >= 0.6 is 0 Å². The normalized spacial score (nSPS) is 12.4. The van der Waals surface area contributed by atoms with Gasteiger partial charge in [0.1, 0.15) is 18.2 Å². The van der Waals surface area contributed by atoms with Crippen LogP contribution in [0.4, 0.5) is 8.78 Å². The first-order valence-electron chi connectivity index (χ1n) is 12.2. The predicted octanol–water partition coefficient (Wildman–Crippen LogP) is 4.20. The molecule has 4 aromatic rings. The quantitative estimate of drug-likeness (QED) is 0.281. The third-order valence-corrected chi connectivity index (χ3v) is 8.02. The predicted molar refractivity (Wildman–Crippen MR) is 142 cm³/mol. The van der Waals surface area contributed by atoms with Gasteiger partial charge < -0.3 is 14.6 Å². The van der Waals surface area contributed by atoms with E-state index in [-0.39, 0.29) is 42.5 Å². The number of aromatic nitrogens is 3. The van der Waals surface area contributed by atoms with Crippen LogP contribution in [0.2, 0.25) is 0 Å². The summed E-state index contributed by atoms with van der Waals surface area (Å²) >= 11 is 0. The standard InChI is InChI=1S/C28H27F2N3O6S/c1-4-39-16-25-32-27(34)26(28(35)33(25)23(15-38-3)18-8-6-5-7-9-18)40(36,37)19-10-11-21(22(29)14-19)20-12-13-24(30)31-17(20)2/h5-14,23,34H,4,15-16H2,1-3H3. The molecule has 0 aliphatic carbocycles. The summed E-state index contributed by atoms with van der Waals surface area (Å²) in [6.45, 7) is 3.27. The number of aryl methyl sites for hydroxylation is 1. The Morgan fingerprint density at radius 1 is 1.02 bits per heavy atom. The summed E-state index contributed by atoms with van der Waals surface area (Å²) in [5.41, 5.74) is 0.00405. The van der Waals surface area contributed by atoms with Gasteiger partial charge in [0.05, 0.1) is 17.5 Å². The molecule has 210 valence electrons. The number of nitrogens with zero attached hydrogens (tertiary/aromatic N) is 3. The van der Waals surface area contributed by atoms with Crippen LogP contribution in [0.1, 0.15) is 30.0 Å². The highest BCUT2D eigenvalue weighted by atomic mass is 32.2. The van der Waals surface area contributed by atoms with Crippen LogP contribution in [0, 0.1) is 18.7 Å². The summed E-state index contributed by atoms with van der Waals surface area (Å²) in [5, 5.41) is 10.7. The molecule has 40 heavy (non-hydrogen) atoms. The van der Waals surface area contributed by atoms with Crippen molar-refractivity contribution in [3.8, 4) is 17.0 Å². The average molecular weight is 572 g/mol. The van der Waals surface area contributed by atoms with Gasteiger partial charge in [0, 0.05) is 30.5 Å². The minimum atomic E-state index is -4.77. The van der Waals surface area contributed by atoms with Gasteiger partial charge in [0.25, 0.3) is 5.56 Å². The first kappa shape index (κ1) is 29.0. The summed E-state index contributed by atoms with van der Waals surface area (Å²) < 4.78 is 67.9. The molecule has 0 bridgehead atoms. The van der Waals surface area contributed by atoms with E-state index in [0.717, 1.165) is 22.8 Å². The van der Waals surface area contributed by atoms with Crippen molar-refractivity contribution in [2.75, 3.05) is 20.3 Å². The van der Waals surface area contributed by atoms with E-state index in [1.54, 1.807) is 37.3 Å². The van der Waals surface area contributed by atoms with E-state index in [2.05, 4.69) is 9.97 Å². The monoisotopic (exact) mass is 571 g/mol. The van der Waals surface area contributed by atoms with E-state index < -0.39 is 48.9 Å². The van der Waals surface area contributed by atoms with Crippen LogP contribution in [0.15, 0.2) is 75.2 Å². The van der Waals surface area contributed by atoms with E-state index in [9.17, 15) is 22.7 Å². The van der Waals surface area contributed by atoms with Gasteiger partial charge in [0.2, 0.25) is 21.7 Å². The lowest BCUT2D eigenvalue weighted by molar-refractivity contribution is 0.116. The largest absolute Gasteiger partial charge is 0.492 e. The Hall–Kier alpha value is -4.00. The highest BCUT2D eigenvalue weighted by Crippen LogP contribution is 2.31. The molecule has 9 nitrogen and oxygen atoms in total. The second-order valence-electron chi connectivity index (χ2n) is 8.79. The van der Waals surface area contributed by atoms with Crippen molar-refractivity contribution in [2.45, 2.75) is 36.3 Å². The fraction of sp³-hybridized carbons (Fsp3) is 0.250. The van der Waals surface area contributed by atoms with Gasteiger partial charge in [0.15, 0.2) is 4.90 Å². The molecule has 2 aromatic heterocycles. The van der Waals surface area contributed by atoms with Crippen LogP contribution in [0.3, 0.4) is 0 Å². The maximum atomic E-state index is 15.2. The van der Waals surface area contributed by atoms with E-state index in [4.69, 9.17) is 9.47 Å². The minimum Gasteiger partial charge on any atom is -0.492 e. The number of ether oxygens (including phenoxy) is 2. The zero-order valence-corrected chi connectivity index (χ0v) is 22.8. The fourth-order valence-corrected chi connectivity index (χ4v) is 5.72. The number of methoxy groups -OCH3 is 1. The summed E-state index contributed by atoms with van der Waals surface area (Å²) in [7, 11) is -3.34. The van der Waals surface area contributed by atoms with E-state index in [0.29, 0.717) is 5.56 Å². The Bertz CT molecular complexity index is 1690. The number of halogens is 2. The van der Waals surface area contributed by atoms with Crippen molar-refractivity contribution < 1.29 is 31.8 Å². The number of pyridine rings is 1. The maximum Gasteiger partial charge on any atom is 0.277 e. The molecular formula is C28H27F2N3O6S. The van der Waals surface area contributed by atoms with Crippen LogP contribution in [0.5, 0.6) is 5.88 Å². The molecule has 0 aliphatic heterocycles. The Labute approximate surface area is 229 Å². The van der Waals surface area contributed by atoms with Gasteiger partial charge in [-0.05, 0) is 43.7 Å². The Morgan fingerprint density at radius 3 is 2.35 bits per heavy atom. The lowest BCUT2D eigenvalue weighted by Gasteiger charge is -2.23. The molecule has 1 atom stereocenters. The Kier molecular flexibility index (Phi) is 8.72. The second-order valence-corrected chi connectivity index (χ2v) is 10.7. The van der Waals surface area contributed by atoms with Crippen LogP contribution in [-0.2, 0) is 25.9 Å². The van der Waals surface area contributed by atoms with Gasteiger partial charge in [-0.15, -0.1) is 0 Å². The van der Waals surface area contributed by atoms with Gasteiger partial charge in [-0.25, -0.2) is 17.8 Å². The molecule has 0 aliphatic rings. The van der Waals surface area contributed by atoms with Crippen molar-refractivity contribution in [3.05, 3.63) is 99.9 Å². The Balaban J connectivity index is 1.90. The topological polar surface area (TPSA) is 121 Å². The molecular weight excluding hydrogens is 544 g/mol. The van der Waals surface area contributed by atoms with Crippen molar-refractivity contribution >= 4 is 9.84 Å². The number of benzene rings is 2. The molecule has 2 aromatic carbocycles. The third-order valence-electron chi connectivity index (χ3n) is 6.25. The molecule has 1 unspecified atom stereocenters. The first-order chi connectivity index (χ1) is 19.1. The van der Waals surface area contributed by atoms with Crippen LogP contribution < -0.4 is 5.56 Å². The summed E-state index contributed by atoms with van der Waals surface area (Å²) in [6, 6.07) is 13.3. The number of sulfone groups is 1. The third kappa shape index (κ3) is 5.64. The number of hydrogen-bond donors (Lipinski definition) is 1. The molecule has 0 spiro atoms. The molecule has 4 rings (SSSR count). The summed E-state index contributed by atoms with van der Waals surface area (Å²) in [6.07, 6.45) is 0. The van der Waals surface area contributed by atoms with Crippen molar-refractivity contribution in [1.82, 2.24) is 14.5 Å². The SMILES string of the molecule is CCOCc1nc(O)c(S(=O)(=O)c2ccc(-c3ccc(F)nc3C)c(F)c2)c(=O)n1C(COC)c1ccccc1. The van der Waals surface area contributed by atoms with Gasteiger partial charge >= 0.3 is 0 Å². The van der Waals surface area contributed by atoms with Crippen molar-refractivity contribution in [3.63, 3.8) is 0 Å². The van der Waals surface area contributed by atoms with Gasteiger partial charge in [-0.1, -0.05) is 36.4 Å². The molecule has 0 saturated heterocycles. The Morgan fingerprint density at radius 2 is 1.73 bits per heavy atom. The molecule has 0 saturated carbocycles. The molecule has 2 heterocycles. The maximum absolute atomic E-state index is 15.2.